The van der Waals surface area contributed by atoms with Gasteiger partial charge in [0.05, 0.1) is 10.2 Å². The summed E-state index contributed by atoms with van der Waals surface area (Å²) in [5, 5.41) is 7.69. The Morgan fingerprint density at radius 1 is 1.33 bits per heavy atom. The number of benzene rings is 1. The summed E-state index contributed by atoms with van der Waals surface area (Å²) in [5.41, 5.74) is 1.04. The molecular weight excluding hydrogens is 324 g/mol. The SMILES string of the molecule is Cc1cc(NC(=O)C2CCN(c3nc4ccccc4s3)CC2)no1. The molecule has 1 N–H and O–H groups in total. The van der Waals surface area contributed by atoms with Crippen LogP contribution in [0.1, 0.15) is 18.6 Å². The van der Waals surface area contributed by atoms with Crippen molar-refractivity contribution in [2.75, 3.05) is 23.3 Å². The van der Waals surface area contributed by atoms with Crippen molar-refractivity contribution in [3.05, 3.63) is 36.1 Å². The van der Waals surface area contributed by atoms with Crippen molar-refractivity contribution in [2.24, 2.45) is 5.92 Å². The van der Waals surface area contributed by atoms with E-state index >= 15 is 0 Å². The number of hydrogen-bond acceptors (Lipinski definition) is 6. The topological polar surface area (TPSA) is 71.3 Å². The number of thiazole rings is 1. The second-order valence-corrected chi connectivity index (χ2v) is 7.05. The fraction of sp³-hybridized carbons (Fsp3) is 0.353. The maximum absolute atomic E-state index is 12.3. The molecule has 0 bridgehead atoms. The predicted molar refractivity (Wildman–Crippen MR) is 94.4 cm³/mol. The lowest BCUT2D eigenvalue weighted by molar-refractivity contribution is -0.120. The Morgan fingerprint density at radius 2 is 2.12 bits per heavy atom. The number of para-hydroxylation sites is 1. The normalized spacial score (nSPS) is 15.8. The third kappa shape index (κ3) is 2.99. The van der Waals surface area contributed by atoms with Crippen LogP contribution in [0.25, 0.3) is 10.2 Å². The molecule has 7 heteroatoms. The predicted octanol–water partition coefficient (Wildman–Crippen LogP) is 3.45. The summed E-state index contributed by atoms with van der Waals surface area (Å²) in [4.78, 5) is 19.3. The zero-order valence-corrected chi connectivity index (χ0v) is 14.2. The number of aromatic nitrogens is 2. The van der Waals surface area contributed by atoms with E-state index in [1.54, 1.807) is 24.3 Å². The molecule has 0 saturated carbocycles. The van der Waals surface area contributed by atoms with Crippen LogP contribution in [-0.4, -0.2) is 29.1 Å². The summed E-state index contributed by atoms with van der Waals surface area (Å²) < 4.78 is 6.18. The summed E-state index contributed by atoms with van der Waals surface area (Å²) in [6.45, 7) is 3.49. The number of nitrogens with one attached hydrogen (secondary N) is 1. The number of carbonyl (C=O) groups is 1. The third-order valence-corrected chi connectivity index (χ3v) is 5.40. The first kappa shape index (κ1) is 15.1. The third-order valence-electron chi connectivity index (χ3n) is 4.30. The Bertz CT molecular complexity index is 831. The average Bonchev–Trinajstić information content (AvgIpc) is 3.21. The zero-order chi connectivity index (χ0) is 16.5. The van der Waals surface area contributed by atoms with Crippen LogP contribution in [0.15, 0.2) is 34.9 Å². The van der Waals surface area contributed by atoms with Crippen LogP contribution in [0.2, 0.25) is 0 Å². The number of carbonyl (C=O) groups excluding carboxylic acids is 1. The van der Waals surface area contributed by atoms with E-state index in [1.807, 2.05) is 18.2 Å². The highest BCUT2D eigenvalue weighted by molar-refractivity contribution is 7.22. The molecule has 1 amide bonds. The molecule has 0 atom stereocenters. The summed E-state index contributed by atoms with van der Waals surface area (Å²) in [7, 11) is 0. The Kier molecular flexibility index (Phi) is 3.93. The number of aryl methyl sites for hydroxylation is 1. The minimum absolute atomic E-state index is 0.00707. The van der Waals surface area contributed by atoms with Gasteiger partial charge in [-0.2, -0.15) is 0 Å². The van der Waals surface area contributed by atoms with Crippen molar-refractivity contribution in [2.45, 2.75) is 19.8 Å². The Balaban J connectivity index is 1.38. The summed E-state index contributed by atoms with van der Waals surface area (Å²) in [6.07, 6.45) is 1.64. The smallest absolute Gasteiger partial charge is 0.228 e. The van der Waals surface area contributed by atoms with Crippen LogP contribution in [0.3, 0.4) is 0 Å². The van der Waals surface area contributed by atoms with Crippen molar-refractivity contribution in [1.82, 2.24) is 10.1 Å². The molecule has 124 valence electrons. The lowest BCUT2D eigenvalue weighted by Gasteiger charge is -2.30. The van der Waals surface area contributed by atoms with Gasteiger partial charge in [-0.15, -0.1) is 0 Å². The number of nitrogens with zero attached hydrogens (tertiary/aromatic N) is 3. The van der Waals surface area contributed by atoms with Crippen LogP contribution >= 0.6 is 11.3 Å². The molecule has 2 aromatic heterocycles. The first-order valence-electron chi connectivity index (χ1n) is 8.04. The first-order valence-corrected chi connectivity index (χ1v) is 8.85. The minimum Gasteiger partial charge on any atom is -0.360 e. The Hall–Kier alpha value is -2.41. The highest BCUT2D eigenvalue weighted by Gasteiger charge is 2.27. The number of piperidine rings is 1. The van der Waals surface area contributed by atoms with Crippen molar-refractivity contribution >= 4 is 38.4 Å². The second kappa shape index (κ2) is 6.24. The van der Waals surface area contributed by atoms with E-state index in [2.05, 4.69) is 21.4 Å². The standard InChI is InChI=1S/C17H18N4O2S/c1-11-10-15(20-23-11)19-16(22)12-6-8-21(9-7-12)17-18-13-4-2-3-5-14(13)24-17/h2-5,10,12H,6-9H2,1H3,(H,19,20,22). The average molecular weight is 342 g/mol. The molecule has 6 nitrogen and oxygen atoms in total. The molecule has 0 aliphatic carbocycles. The Labute approximate surface area is 143 Å². The van der Waals surface area contributed by atoms with Gasteiger partial charge in [-0.05, 0) is 31.9 Å². The molecule has 0 spiro atoms. The van der Waals surface area contributed by atoms with Crippen molar-refractivity contribution in [3.8, 4) is 0 Å². The van der Waals surface area contributed by atoms with Gasteiger partial charge in [-0.3, -0.25) is 4.79 Å². The molecule has 1 aliphatic heterocycles. The molecular formula is C17H18N4O2S. The number of rotatable bonds is 3. The molecule has 0 unspecified atom stereocenters. The molecule has 1 saturated heterocycles. The first-order chi connectivity index (χ1) is 11.7. The van der Waals surface area contributed by atoms with E-state index in [0.29, 0.717) is 11.6 Å². The highest BCUT2D eigenvalue weighted by Crippen LogP contribution is 2.31. The van der Waals surface area contributed by atoms with E-state index in [-0.39, 0.29) is 11.8 Å². The number of fused-ring (bicyclic) bond motifs is 1. The fourth-order valence-corrected chi connectivity index (χ4v) is 4.00. The number of hydrogen-bond donors (Lipinski definition) is 1. The lowest BCUT2D eigenvalue weighted by Crippen LogP contribution is -2.38. The molecule has 1 fully saturated rings. The van der Waals surface area contributed by atoms with E-state index in [1.165, 1.54) is 4.70 Å². The second-order valence-electron chi connectivity index (χ2n) is 6.04. The van der Waals surface area contributed by atoms with Crippen molar-refractivity contribution in [3.63, 3.8) is 0 Å². The van der Waals surface area contributed by atoms with Gasteiger partial charge < -0.3 is 14.7 Å². The van der Waals surface area contributed by atoms with Crippen LogP contribution in [0.4, 0.5) is 10.9 Å². The maximum atomic E-state index is 12.3. The minimum atomic E-state index is 0.00707. The summed E-state index contributed by atoms with van der Waals surface area (Å²) in [5.74, 6) is 1.21. The largest absolute Gasteiger partial charge is 0.360 e. The summed E-state index contributed by atoms with van der Waals surface area (Å²) >= 11 is 1.71. The van der Waals surface area contributed by atoms with E-state index < -0.39 is 0 Å². The molecule has 3 aromatic rings. The quantitative estimate of drug-likeness (QED) is 0.789. The van der Waals surface area contributed by atoms with Gasteiger partial charge in [0.25, 0.3) is 0 Å². The van der Waals surface area contributed by atoms with Crippen molar-refractivity contribution in [1.29, 1.82) is 0 Å². The molecule has 4 rings (SSSR count). The van der Waals surface area contributed by atoms with E-state index in [9.17, 15) is 4.79 Å². The Morgan fingerprint density at radius 3 is 2.83 bits per heavy atom. The maximum Gasteiger partial charge on any atom is 0.228 e. The fourth-order valence-electron chi connectivity index (χ4n) is 2.98. The van der Waals surface area contributed by atoms with Crippen LogP contribution < -0.4 is 10.2 Å². The number of anilines is 2. The van der Waals surface area contributed by atoms with E-state index in [4.69, 9.17) is 9.51 Å². The van der Waals surface area contributed by atoms with Gasteiger partial charge in [-0.25, -0.2) is 4.98 Å². The van der Waals surface area contributed by atoms with Gasteiger partial charge in [0, 0.05) is 25.1 Å². The van der Waals surface area contributed by atoms with Gasteiger partial charge in [-0.1, -0.05) is 28.6 Å². The van der Waals surface area contributed by atoms with Gasteiger partial charge in [0.2, 0.25) is 5.91 Å². The van der Waals surface area contributed by atoms with Gasteiger partial charge >= 0.3 is 0 Å². The molecule has 1 aromatic carbocycles. The summed E-state index contributed by atoms with van der Waals surface area (Å²) in [6, 6.07) is 9.90. The number of amides is 1. The van der Waals surface area contributed by atoms with Crippen LogP contribution in [-0.2, 0) is 4.79 Å². The molecule has 1 aliphatic rings. The van der Waals surface area contributed by atoms with Crippen LogP contribution in [0, 0.1) is 12.8 Å². The molecule has 0 radical (unpaired) electrons. The van der Waals surface area contributed by atoms with Crippen LogP contribution in [0.5, 0.6) is 0 Å². The highest BCUT2D eigenvalue weighted by atomic mass is 32.1. The molecule has 24 heavy (non-hydrogen) atoms. The zero-order valence-electron chi connectivity index (χ0n) is 13.4. The van der Waals surface area contributed by atoms with Gasteiger partial charge in [0.1, 0.15) is 5.76 Å². The monoisotopic (exact) mass is 342 g/mol. The molecule has 3 heterocycles. The lowest BCUT2D eigenvalue weighted by atomic mass is 9.96. The van der Waals surface area contributed by atoms with E-state index in [0.717, 1.165) is 36.6 Å². The van der Waals surface area contributed by atoms with Gasteiger partial charge in [0.15, 0.2) is 10.9 Å². The van der Waals surface area contributed by atoms with Crippen molar-refractivity contribution < 1.29 is 9.32 Å².